The van der Waals surface area contributed by atoms with E-state index < -0.39 is 0 Å². The average molecular weight is 353 g/mol. The topological polar surface area (TPSA) is 131 Å². The molecule has 0 radical (unpaired) electrons. The zero-order valence-corrected chi connectivity index (χ0v) is 15.3. The van der Waals surface area contributed by atoms with E-state index in [9.17, 15) is 0 Å². The smallest absolute Gasteiger partial charge is 0.209 e. The van der Waals surface area contributed by atoms with Crippen LogP contribution in [0.2, 0.25) is 0 Å². The molecule has 0 aromatic rings. The van der Waals surface area contributed by atoms with Crippen LogP contribution in [0.4, 0.5) is 0 Å². The number of rotatable bonds is 11. The van der Waals surface area contributed by atoms with Crippen LogP contribution in [0.15, 0.2) is 9.98 Å². The Morgan fingerprint density at radius 2 is 1.38 bits per heavy atom. The highest BCUT2D eigenvalue weighted by atomic mass is 32.1. The molecule has 0 bridgehead atoms. The van der Waals surface area contributed by atoms with Gasteiger partial charge in [-0.2, -0.15) is 23.2 Å². The second kappa shape index (κ2) is 14.5. The van der Waals surface area contributed by atoms with Gasteiger partial charge in [0.2, 0.25) is 24.3 Å². The molecule has 24 heavy (non-hydrogen) atoms. The molecular weight excluding hydrogens is 324 g/mol. The number of nitriles is 2. The fourth-order valence-corrected chi connectivity index (χ4v) is 2.43. The predicted molar refractivity (Wildman–Crippen MR) is 100 cm³/mol. The summed E-state index contributed by atoms with van der Waals surface area (Å²) in [5.41, 5.74) is 11.4. The molecule has 8 nitrogen and oxygen atoms in total. The van der Waals surface area contributed by atoms with Gasteiger partial charge < -0.3 is 21.3 Å². The second-order valence-corrected chi connectivity index (χ2v) is 5.84. The maximum Gasteiger partial charge on any atom is 0.209 e. The zero-order valence-electron chi connectivity index (χ0n) is 14.4. The molecule has 0 atom stereocenters. The molecule has 0 aliphatic rings. The number of thiol groups is 1. The fourth-order valence-electron chi connectivity index (χ4n) is 2.19. The molecule has 0 aliphatic heterocycles. The van der Waals surface area contributed by atoms with E-state index in [1.807, 2.05) is 11.9 Å². The number of nitrogens with two attached hydrogens (primary N) is 2. The Hall–Kier alpha value is -2.13. The third-order valence-corrected chi connectivity index (χ3v) is 3.79. The average Bonchev–Trinajstić information content (AvgIpc) is 2.56. The molecule has 4 N–H and O–H groups in total. The summed E-state index contributed by atoms with van der Waals surface area (Å²) in [5, 5.41) is 17.0. The number of nitrogens with zero attached hydrogens (tertiary/aromatic N) is 6. The van der Waals surface area contributed by atoms with Crippen LogP contribution in [0.5, 0.6) is 0 Å². The van der Waals surface area contributed by atoms with E-state index >= 15 is 0 Å². The lowest BCUT2D eigenvalue weighted by molar-refractivity contribution is 0.413. The lowest BCUT2D eigenvalue weighted by Gasteiger charge is -2.21. The number of hydrogen-bond donors (Lipinski definition) is 3. The summed E-state index contributed by atoms with van der Waals surface area (Å²) in [6.45, 7) is 2.29. The summed E-state index contributed by atoms with van der Waals surface area (Å²) in [7, 11) is 1.83. The summed E-state index contributed by atoms with van der Waals surface area (Å²) >= 11 is 4.19. The van der Waals surface area contributed by atoms with Crippen molar-refractivity contribution in [3.8, 4) is 12.4 Å². The van der Waals surface area contributed by atoms with Gasteiger partial charge in [0.15, 0.2) is 0 Å². The molecule has 134 valence electrons. The van der Waals surface area contributed by atoms with E-state index in [1.54, 1.807) is 17.3 Å². The highest BCUT2D eigenvalue weighted by Gasteiger charge is 2.06. The monoisotopic (exact) mass is 352 g/mol. The minimum Gasteiger partial charge on any atom is -0.369 e. The maximum atomic E-state index is 8.55. The Morgan fingerprint density at radius 1 is 0.875 bits per heavy atom. The third-order valence-electron chi connectivity index (χ3n) is 3.59. The Balaban J connectivity index is 3.76. The van der Waals surface area contributed by atoms with Gasteiger partial charge in [-0.05, 0) is 12.8 Å². The van der Waals surface area contributed by atoms with Crippen molar-refractivity contribution in [2.45, 2.75) is 38.5 Å². The summed E-state index contributed by atoms with van der Waals surface area (Å²) in [6, 6.07) is 0. The van der Waals surface area contributed by atoms with E-state index in [0.717, 1.165) is 51.6 Å². The van der Waals surface area contributed by atoms with Crippen molar-refractivity contribution >= 4 is 24.5 Å². The number of unbranched alkanes of at least 4 members (excludes halogenated alkanes) is 5. The van der Waals surface area contributed by atoms with Gasteiger partial charge in [-0.25, -0.2) is 0 Å². The van der Waals surface area contributed by atoms with Crippen LogP contribution >= 0.6 is 12.6 Å². The van der Waals surface area contributed by atoms with Crippen molar-refractivity contribution in [2.75, 3.05) is 32.4 Å². The fraction of sp³-hybridized carbons (Fsp3) is 0.733. The molecule has 0 saturated heterocycles. The molecule has 0 heterocycles. The predicted octanol–water partition coefficient (Wildman–Crippen LogP) is 1.08. The molecule has 0 rings (SSSR count). The van der Waals surface area contributed by atoms with Crippen LogP contribution in [-0.4, -0.2) is 54.2 Å². The first-order valence-electron chi connectivity index (χ1n) is 8.08. The molecule has 0 saturated carbocycles. The van der Waals surface area contributed by atoms with Crippen LogP contribution in [-0.2, 0) is 0 Å². The van der Waals surface area contributed by atoms with Crippen molar-refractivity contribution in [3.05, 3.63) is 0 Å². The first-order chi connectivity index (χ1) is 11.6. The Labute approximate surface area is 150 Å². The Bertz CT molecular complexity index is 477. The molecule has 0 aromatic carbocycles. The van der Waals surface area contributed by atoms with Crippen LogP contribution in [0, 0.1) is 22.9 Å². The van der Waals surface area contributed by atoms with Gasteiger partial charge in [0.1, 0.15) is 0 Å². The van der Waals surface area contributed by atoms with Crippen molar-refractivity contribution in [1.29, 1.82) is 10.5 Å². The van der Waals surface area contributed by atoms with Crippen molar-refractivity contribution in [1.82, 2.24) is 9.80 Å². The molecule has 9 heteroatoms. The highest BCUT2D eigenvalue weighted by molar-refractivity contribution is 7.80. The van der Waals surface area contributed by atoms with E-state index in [2.05, 4.69) is 22.6 Å². The SMILES string of the molecule is CN(CCCCCCCCN(CCS)C(N)=NC#N)C(N)=NC#N. The molecule has 0 unspecified atom stereocenters. The van der Waals surface area contributed by atoms with E-state index in [0.29, 0.717) is 12.3 Å². The highest BCUT2D eigenvalue weighted by Crippen LogP contribution is 2.07. The summed E-state index contributed by atoms with van der Waals surface area (Å²) < 4.78 is 0. The first kappa shape index (κ1) is 21.9. The van der Waals surface area contributed by atoms with Crippen LogP contribution < -0.4 is 11.5 Å². The minimum atomic E-state index is 0.262. The van der Waals surface area contributed by atoms with Crippen LogP contribution in [0.25, 0.3) is 0 Å². The summed E-state index contributed by atoms with van der Waals surface area (Å²) in [5.74, 6) is 1.21. The van der Waals surface area contributed by atoms with Gasteiger partial charge in [0.25, 0.3) is 0 Å². The van der Waals surface area contributed by atoms with E-state index in [4.69, 9.17) is 22.0 Å². The molecular formula is C15H28N8S. The lowest BCUT2D eigenvalue weighted by atomic mass is 10.1. The normalized spacial score (nSPS) is 11.7. The van der Waals surface area contributed by atoms with Crippen molar-refractivity contribution in [2.24, 2.45) is 21.5 Å². The first-order valence-corrected chi connectivity index (χ1v) is 8.71. The lowest BCUT2D eigenvalue weighted by Crippen LogP contribution is -2.39. The summed E-state index contributed by atoms with van der Waals surface area (Å²) in [4.78, 5) is 10.8. The standard InChI is InChI=1S/C15H28N8S/c1-22(14(18)20-12-16)8-6-4-2-3-5-7-9-23(10-11-24)15(19)21-13-17/h24H,2-11H2,1H3,(H2,18,20)(H2,19,21). The van der Waals surface area contributed by atoms with Gasteiger partial charge in [-0.15, -0.1) is 9.98 Å². The second-order valence-electron chi connectivity index (χ2n) is 5.39. The van der Waals surface area contributed by atoms with Crippen molar-refractivity contribution < 1.29 is 0 Å². The molecule has 0 amide bonds. The quantitative estimate of drug-likeness (QED) is 0.168. The molecule has 0 fully saturated rings. The largest absolute Gasteiger partial charge is 0.369 e. The number of hydrogen-bond acceptors (Lipinski definition) is 5. The maximum absolute atomic E-state index is 8.55. The van der Waals surface area contributed by atoms with Gasteiger partial charge in [-0.3, -0.25) is 0 Å². The minimum absolute atomic E-state index is 0.262. The summed E-state index contributed by atoms with van der Waals surface area (Å²) in [6.07, 6.45) is 9.95. The van der Waals surface area contributed by atoms with Crippen LogP contribution in [0.1, 0.15) is 38.5 Å². The molecule has 0 spiro atoms. The van der Waals surface area contributed by atoms with E-state index in [-0.39, 0.29) is 11.9 Å². The molecule has 0 aromatic heterocycles. The number of guanidine groups is 2. The van der Waals surface area contributed by atoms with Gasteiger partial charge in [-0.1, -0.05) is 25.7 Å². The van der Waals surface area contributed by atoms with Gasteiger partial charge in [0, 0.05) is 32.4 Å². The van der Waals surface area contributed by atoms with Crippen LogP contribution in [0.3, 0.4) is 0 Å². The Morgan fingerprint density at radius 3 is 1.92 bits per heavy atom. The van der Waals surface area contributed by atoms with Crippen molar-refractivity contribution in [3.63, 3.8) is 0 Å². The van der Waals surface area contributed by atoms with E-state index in [1.165, 1.54) is 0 Å². The third kappa shape index (κ3) is 10.6. The Kier molecular flexibility index (Phi) is 13.2. The van der Waals surface area contributed by atoms with Gasteiger partial charge >= 0.3 is 0 Å². The molecule has 0 aliphatic carbocycles. The zero-order chi connectivity index (χ0) is 18.2. The van der Waals surface area contributed by atoms with Gasteiger partial charge in [0.05, 0.1) is 0 Å². The number of aliphatic imine (C=N–C) groups is 2.